The van der Waals surface area contributed by atoms with Crippen LogP contribution >= 0.6 is 0 Å². The van der Waals surface area contributed by atoms with Gasteiger partial charge in [0.15, 0.2) is 9.84 Å². The maximum absolute atomic E-state index is 14.5. The van der Waals surface area contributed by atoms with Gasteiger partial charge in [0.1, 0.15) is 23.1 Å². The SMILES string of the molecule is Cc1cncc(C2=C(c3cc(F)c(S(C)(=O)=O)cc3F)COC2=O)c1. The Labute approximate surface area is 142 Å². The third kappa shape index (κ3) is 3.17. The molecule has 2 heterocycles. The van der Waals surface area contributed by atoms with Crippen LogP contribution in [0.1, 0.15) is 16.7 Å². The average Bonchev–Trinajstić information content (AvgIpc) is 2.89. The molecule has 3 rings (SSSR count). The monoisotopic (exact) mass is 365 g/mol. The van der Waals surface area contributed by atoms with E-state index in [1.54, 1.807) is 19.2 Å². The molecule has 130 valence electrons. The summed E-state index contributed by atoms with van der Waals surface area (Å²) < 4.78 is 56.6. The van der Waals surface area contributed by atoms with Crippen molar-refractivity contribution in [2.75, 3.05) is 12.9 Å². The number of nitrogens with zero attached hydrogens (tertiary/aromatic N) is 1. The van der Waals surface area contributed by atoms with E-state index in [4.69, 9.17) is 4.74 Å². The van der Waals surface area contributed by atoms with Gasteiger partial charge in [-0.3, -0.25) is 4.98 Å². The number of carbonyl (C=O) groups is 1. The van der Waals surface area contributed by atoms with Crippen molar-refractivity contribution in [1.82, 2.24) is 4.98 Å². The Morgan fingerprint density at radius 3 is 2.48 bits per heavy atom. The number of rotatable bonds is 3. The minimum Gasteiger partial charge on any atom is -0.457 e. The first-order valence-electron chi connectivity index (χ1n) is 7.20. The number of hydrogen-bond donors (Lipinski definition) is 0. The number of halogens is 2. The Morgan fingerprint density at radius 1 is 1.12 bits per heavy atom. The largest absolute Gasteiger partial charge is 0.457 e. The first kappa shape index (κ1) is 17.2. The van der Waals surface area contributed by atoms with Crippen LogP contribution in [0.5, 0.6) is 0 Å². The highest BCUT2D eigenvalue weighted by Gasteiger charge is 2.30. The van der Waals surface area contributed by atoms with Gasteiger partial charge in [0.05, 0.1) is 5.57 Å². The fourth-order valence-corrected chi connectivity index (χ4v) is 3.38. The molecule has 25 heavy (non-hydrogen) atoms. The van der Waals surface area contributed by atoms with Gasteiger partial charge in [0.25, 0.3) is 0 Å². The van der Waals surface area contributed by atoms with Gasteiger partial charge in [0, 0.05) is 35.3 Å². The van der Waals surface area contributed by atoms with Gasteiger partial charge in [-0.05, 0) is 30.7 Å². The van der Waals surface area contributed by atoms with Crippen LogP contribution in [-0.2, 0) is 19.4 Å². The maximum Gasteiger partial charge on any atom is 0.339 e. The normalized spacial score (nSPS) is 14.8. The van der Waals surface area contributed by atoms with Crippen LogP contribution in [0.25, 0.3) is 11.1 Å². The van der Waals surface area contributed by atoms with E-state index in [0.29, 0.717) is 11.6 Å². The first-order valence-corrected chi connectivity index (χ1v) is 9.09. The number of sulfone groups is 1. The molecule has 8 heteroatoms. The smallest absolute Gasteiger partial charge is 0.339 e. The van der Waals surface area contributed by atoms with Gasteiger partial charge in [-0.2, -0.15) is 0 Å². The summed E-state index contributed by atoms with van der Waals surface area (Å²) in [6.07, 6.45) is 3.80. The number of esters is 1. The maximum atomic E-state index is 14.5. The van der Waals surface area contributed by atoms with Crippen LogP contribution in [0.3, 0.4) is 0 Å². The van der Waals surface area contributed by atoms with E-state index in [-0.39, 0.29) is 23.3 Å². The lowest BCUT2D eigenvalue weighted by Crippen LogP contribution is -2.05. The van der Waals surface area contributed by atoms with Crippen molar-refractivity contribution in [3.8, 4) is 0 Å². The molecule has 1 aromatic carbocycles. The summed E-state index contributed by atoms with van der Waals surface area (Å²) in [5.41, 5.74) is 1.22. The summed E-state index contributed by atoms with van der Waals surface area (Å²) in [5, 5.41) is 0. The molecule has 0 fully saturated rings. The topological polar surface area (TPSA) is 73.3 Å². The van der Waals surface area contributed by atoms with E-state index in [0.717, 1.165) is 17.9 Å². The number of ether oxygens (including phenoxy) is 1. The van der Waals surface area contributed by atoms with E-state index >= 15 is 0 Å². The zero-order chi connectivity index (χ0) is 18.4. The van der Waals surface area contributed by atoms with Crippen LogP contribution in [-0.4, -0.2) is 32.2 Å². The van der Waals surface area contributed by atoms with Crippen LogP contribution in [0, 0.1) is 18.6 Å². The van der Waals surface area contributed by atoms with Crippen LogP contribution < -0.4 is 0 Å². The molecule has 5 nitrogen and oxygen atoms in total. The summed E-state index contributed by atoms with van der Waals surface area (Å²) in [7, 11) is -3.92. The summed E-state index contributed by atoms with van der Waals surface area (Å²) in [4.78, 5) is 15.3. The van der Waals surface area contributed by atoms with Crippen molar-refractivity contribution in [2.24, 2.45) is 0 Å². The van der Waals surface area contributed by atoms with Gasteiger partial charge < -0.3 is 4.74 Å². The van der Waals surface area contributed by atoms with E-state index in [9.17, 15) is 22.0 Å². The Kier molecular flexibility index (Phi) is 4.16. The minimum absolute atomic E-state index is 0.0848. The highest BCUT2D eigenvalue weighted by molar-refractivity contribution is 7.90. The van der Waals surface area contributed by atoms with Crippen molar-refractivity contribution in [3.05, 3.63) is 58.9 Å². The third-order valence-corrected chi connectivity index (χ3v) is 4.88. The number of cyclic esters (lactones) is 1. The molecule has 0 bridgehead atoms. The molecule has 1 aromatic heterocycles. The molecular weight excluding hydrogens is 352 g/mol. The molecule has 0 unspecified atom stereocenters. The molecule has 1 aliphatic heterocycles. The molecule has 0 aliphatic carbocycles. The standard InChI is InChI=1S/C17H13F2NO4S/c1-9-3-10(7-20-6-9)16-12(8-24-17(16)21)11-4-14(19)15(5-13(11)18)25(2,22)23/h3-7H,8H2,1-2H3. The Bertz CT molecular complexity index is 1030. The lowest BCUT2D eigenvalue weighted by Gasteiger charge is -2.09. The molecule has 0 saturated carbocycles. The number of aryl methyl sites for hydroxylation is 1. The molecule has 0 amide bonds. The number of aromatic nitrogens is 1. The quantitative estimate of drug-likeness (QED) is 0.782. The fourth-order valence-electron chi connectivity index (χ4n) is 2.65. The summed E-state index contributed by atoms with van der Waals surface area (Å²) in [5.74, 6) is -2.71. The molecular formula is C17H13F2NO4S. The second kappa shape index (κ2) is 6.03. The van der Waals surface area contributed by atoms with Gasteiger partial charge in [-0.25, -0.2) is 22.0 Å². The summed E-state index contributed by atoms with van der Waals surface area (Å²) >= 11 is 0. The zero-order valence-corrected chi connectivity index (χ0v) is 14.2. The molecule has 0 saturated heterocycles. The number of benzene rings is 1. The molecule has 0 spiro atoms. The van der Waals surface area contributed by atoms with Gasteiger partial charge in [-0.1, -0.05) is 0 Å². The second-order valence-corrected chi connectivity index (χ2v) is 7.70. The lowest BCUT2D eigenvalue weighted by molar-refractivity contribution is -0.133. The molecule has 0 radical (unpaired) electrons. The molecule has 2 aromatic rings. The van der Waals surface area contributed by atoms with E-state index in [1.807, 2.05) is 0 Å². The first-order chi connectivity index (χ1) is 11.7. The minimum atomic E-state index is -3.92. The molecule has 1 aliphatic rings. The Balaban J connectivity index is 2.23. The highest BCUT2D eigenvalue weighted by Crippen LogP contribution is 2.35. The highest BCUT2D eigenvalue weighted by atomic mass is 32.2. The Hall–Kier alpha value is -2.61. The average molecular weight is 365 g/mol. The fraction of sp³-hybridized carbons (Fsp3) is 0.176. The van der Waals surface area contributed by atoms with Crippen LogP contribution in [0.2, 0.25) is 0 Å². The van der Waals surface area contributed by atoms with Gasteiger partial charge >= 0.3 is 5.97 Å². The van der Waals surface area contributed by atoms with E-state index < -0.39 is 32.3 Å². The number of carbonyl (C=O) groups excluding carboxylic acids is 1. The zero-order valence-electron chi connectivity index (χ0n) is 13.3. The lowest BCUT2D eigenvalue weighted by atomic mass is 9.96. The second-order valence-electron chi connectivity index (χ2n) is 5.72. The van der Waals surface area contributed by atoms with Crippen molar-refractivity contribution in [3.63, 3.8) is 0 Å². The third-order valence-electron chi connectivity index (χ3n) is 3.76. The van der Waals surface area contributed by atoms with Crippen molar-refractivity contribution in [2.45, 2.75) is 11.8 Å². The molecule has 0 atom stereocenters. The van der Waals surface area contributed by atoms with E-state index in [1.165, 1.54) is 6.20 Å². The van der Waals surface area contributed by atoms with E-state index in [2.05, 4.69) is 4.98 Å². The Morgan fingerprint density at radius 2 is 1.84 bits per heavy atom. The predicted molar refractivity (Wildman–Crippen MR) is 86.2 cm³/mol. The van der Waals surface area contributed by atoms with Crippen LogP contribution in [0.4, 0.5) is 8.78 Å². The summed E-state index contributed by atoms with van der Waals surface area (Å²) in [6, 6.07) is 3.06. The predicted octanol–water partition coefficient (Wildman–Crippen LogP) is 2.54. The van der Waals surface area contributed by atoms with Crippen LogP contribution in [0.15, 0.2) is 35.5 Å². The summed E-state index contributed by atoms with van der Waals surface area (Å²) in [6.45, 7) is 1.54. The van der Waals surface area contributed by atoms with Gasteiger partial charge in [-0.15, -0.1) is 0 Å². The van der Waals surface area contributed by atoms with Crippen molar-refractivity contribution in [1.29, 1.82) is 0 Å². The van der Waals surface area contributed by atoms with Crippen molar-refractivity contribution >= 4 is 27.0 Å². The number of hydrogen-bond acceptors (Lipinski definition) is 5. The van der Waals surface area contributed by atoms with Gasteiger partial charge in [0.2, 0.25) is 0 Å². The molecule has 0 N–H and O–H groups in total. The number of pyridine rings is 1. The van der Waals surface area contributed by atoms with Crippen molar-refractivity contribution < 1.29 is 26.7 Å².